The molecule has 4 nitrogen and oxygen atoms in total. The summed E-state index contributed by atoms with van der Waals surface area (Å²) in [7, 11) is 1.71. The summed E-state index contributed by atoms with van der Waals surface area (Å²) in [6.07, 6.45) is 4.91. The van der Waals surface area contributed by atoms with E-state index in [0.717, 1.165) is 11.4 Å². The highest BCUT2D eigenvalue weighted by molar-refractivity contribution is 6.16. The second-order valence-corrected chi connectivity index (χ2v) is 5.07. The predicted molar refractivity (Wildman–Crippen MR) is 89.9 cm³/mol. The van der Waals surface area contributed by atoms with Gasteiger partial charge in [0.2, 0.25) is 0 Å². The molecule has 0 N–H and O–H groups in total. The first-order valence-electron chi connectivity index (χ1n) is 6.92. The zero-order valence-electron chi connectivity index (χ0n) is 13.5. The van der Waals surface area contributed by atoms with Crippen molar-refractivity contribution in [3.05, 3.63) is 41.9 Å². The molecule has 0 aliphatic heterocycles. The van der Waals surface area contributed by atoms with Gasteiger partial charge in [-0.1, -0.05) is 34.3 Å². The number of pyridine rings is 1. The molecule has 0 bridgehead atoms. The molecular weight excluding hydrogens is 260 g/mol. The molecule has 4 heteroatoms. The molecule has 0 saturated heterocycles. The molecule has 0 aliphatic rings. The molecule has 21 heavy (non-hydrogen) atoms. The maximum Gasteiger partial charge on any atom is 0.101 e. The van der Waals surface area contributed by atoms with Crippen molar-refractivity contribution >= 4 is 12.4 Å². The first-order valence-corrected chi connectivity index (χ1v) is 6.92. The molecule has 0 amide bonds. The van der Waals surface area contributed by atoms with Crippen LogP contribution in [0.2, 0.25) is 0 Å². The number of allylic oxidation sites excluding steroid dienone is 1. The number of hydrogen-bond donors (Lipinski definition) is 0. The predicted octanol–water partition coefficient (Wildman–Crippen LogP) is 4.00. The Bertz CT molecular complexity index is 517. The van der Waals surface area contributed by atoms with E-state index < -0.39 is 0 Å². The van der Waals surface area contributed by atoms with Gasteiger partial charge in [0.05, 0.1) is 5.56 Å². The largest absolute Gasteiger partial charge is 0.295 e. The number of rotatable bonds is 4. The van der Waals surface area contributed by atoms with Crippen LogP contribution in [0, 0.1) is 17.2 Å². The van der Waals surface area contributed by atoms with Crippen LogP contribution in [0.25, 0.3) is 0 Å². The highest BCUT2D eigenvalue weighted by Crippen LogP contribution is 2.10. The number of aromatic nitrogens is 1. The number of hydrogen-bond acceptors (Lipinski definition) is 4. The summed E-state index contributed by atoms with van der Waals surface area (Å²) in [5.74, 6) is 0.851. The van der Waals surface area contributed by atoms with E-state index in [1.165, 1.54) is 0 Å². The van der Waals surface area contributed by atoms with E-state index in [0.29, 0.717) is 17.4 Å². The standard InChI is InChI=1S/C9H10N2.C8H14N2/c1-7(2)9-4-3-8(5-10)6-11-9;1-7(2)8(3)10-6-5-9-4/h3-4,6-7H,1-2H3;5-7H,3H2,1-2,4H3. The average molecular weight is 284 g/mol. The number of nitriles is 1. The minimum absolute atomic E-state index is 0.418. The van der Waals surface area contributed by atoms with Gasteiger partial charge in [-0.2, -0.15) is 5.26 Å². The van der Waals surface area contributed by atoms with E-state index >= 15 is 0 Å². The van der Waals surface area contributed by atoms with Crippen LogP contribution in [-0.4, -0.2) is 24.5 Å². The molecular formula is C17H24N4. The summed E-state index contributed by atoms with van der Waals surface area (Å²) in [6.45, 7) is 12.0. The van der Waals surface area contributed by atoms with E-state index in [4.69, 9.17) is 5.26 Å². The van der Waals surface area contributed by atoms with Gasteiger partial charge >= 0.3 is 0 Å². The molecule has 1 rings (SSSR count). The van der Waals surface area contributed by atoms with Crippen LogP contribution in [0.1, 0.15) is 44.9 Å². The maximum atomic E-state index is 8.48. The zero-order chi connectivity index (χ0) is 16.3. The first-order chi connectivity index (χ1) is 9.92. The second kappa shape index (κ2) is 10.5. The highest BCUT2D eigenvalue weighted by Gasteiger charge is 1.98. The molecule has 1 aromatic heterocycles. The van der Waals surface area contributed by atoms with Gasteiger partial charge in [0.15, 0.2) is 0 Å². The lowest BCUT2D eigenvalue weighted by atomic mass is 10.1. The molecule has 0 aromatic carbocycles. The summed E-state index contributed by atoms with van der Waals surface area (Å²) in [4.78, 5) is 11.9. The number of nitrogens with zero attached hydrogens (tertiary/aromatic N) is 4. The molecule has 1 aromatic rings. The zero-order valence-corrected chi connectivity index (χ0v) is 13.5. The van der Waals surface area contributed by atoms with E-state index in [-0.39, 0.29) is 0 Å². The Morgan fingerprint density at radius 1 is 1.29 bits per heavy atom. The summed E-state index contributed by atoms with van der Waals surface area (Å²) >= 11 is 0. The monoisotopic (exact) mass is 284 g/mol. The molecule has 1 heterocycles. The average Bonchev–Trinajstić information content (AvgIpc) is 2.48. The van der Waals surface area contributed by atoms with Crippen molar-refractivity contribution in [2.45, 2.75) is 33.6 Å². The normalized spacial score (nSPS) is 10.8. The van der Waals surface area contributed by atoms with E-state index in [2.05, 4.69) is 49.2 Å². The van der Waals surface area contributed by atoms with Crippen molar-refractivity contribution in [2.24, 2.45) is 15.9 Å². The summed E-state index contributed by atoms with van der Waals surface area (Å²) in [5.41, 5.74) is 2.54. The van der Waals surface area contributed by atoms with Crippen LogP contribution < -0.4 is 0 Å². The Balaban J connectivity index is 0.000000384. The molecule has 112 valence electrons. The Kier molecular flexibility index (Phi) is 9.36. The quantitative estimate of drug-likeness (QED) is 0.784. The summed E-state index contributed by atoms with van der Waals surface area (Å²) in [6, 6.07) is 5.72. The van der Waals surface area contributed by atoms with Gasteiger partial charge in [-0.25, -0.2) is 0 Å². The van der Waals surface area contributed by atoms with Gasteiger partial charge in [-0.05, 0) is 24.0 Å². The molecule has 0 aliphatic carbocycles. The maximum absolute atomic E-state index is 8.48. The minimum Gasteiger partial charge on any atom is -0.295 e. The topological polar surface area (TPSA) is 61.4 Å². The smallest absolute Gasteiger partial charge is 0.101 e. The van der Waals surface area contributed by atoms with Gasteiger partial charge in [-0.15, -0.1) is 0 Å². The van der Waals surface area contributed by atoms with Crippen LogP contribution in [0.4, 0.5) is 0 Å². The molecule has 0 fully saturated rings. The van der Waals surface area contributed by atoms with Crippen LogP contribution >= 0.6 is 0 Å². The van der Waals surface area contributed by atoms with Gasteiger partial charge in [0, 0.05) is 37.1 Å². The summed E-state index contributed by atoms with van der Waals surface area (Å²) in [5, 5.41) is 8.48. The fourth-order valence-corrected chi connectivity index (χ4v) is 1.16. The Morgan fingerprint density at radius 2 is 1.95 bits per heavy atom. The number of aliphatic imine (C=N–C) groups is 2. The Hall–Kier alpha value is -2.28. The van der Waals surface area contributed by atoms with Gasteiger partial charge in [0.1, 0.15) is 6.07 Å². The van der Waals surface area contributed by atoms with Crippen molar-refractivity contribution in [3.8, 4) is 6.07 Å². The molecule has 0 atom stereocenters. The van der Waals surface area contributed by atoms with Gasteiger partial charge < -0.3 is 0 Å². The molecule has 0 unspecified atom stereocenters. The Morgan fingerprint density at radius 3 is 2.33 bits per heavy atom. The van der Waals surface area contributed by atoms with Crippen molar-refractivity contribution in [1.29, 1.82) is 5.26 Å². The third-order valence-corrected chi connectivity index (χ3v) is 2.63. The van der Waals surface area contributed by atoms with Crippen LogP contribution in [0.15, 0.2) is 40.6 Å². The van der Waals surface area contributed by atoms with Crippen LogP contribution in [0.3, 0.4) is 0 Å². The molecule has 0 radical (unpaired) electrons. The lowest BCUT2D eigenvalue weighted by Gasteiger charge is -2.01. The Labute approximate surface area is 128 Å². The lowest BCUT2D eigenvalue weighted by Crippen LogP contribution is -1.91. The van der Waals surface area contributed by atoms with Crippen molar-refractivity contribution < 1.29 is 0 Å². The van der Waals surface area contributed by atoms with E-state index in [1.807, 2.05) is 12.1 Å². The fourth-order valence-electron chi connectivity index (χ4n) is 1.16. The fraction of sp³-hybridized carbons (Fsp3) is 0.412. The van der Waals surface area contributed by atoms with E-state index in [9.17, 15) is 0 Å². The SMILES string of the molecule is C=C(N=CC=NC)C(C)C.CC(C)c1ccc(C#N)cn1. The highest BCUT2D eigenvalue weighted by atomic mass is 14.7. The van der Waals surface area contributed by atoms with Gasteiger partial charge in [0.25, 0.3) is 0 Å². The summed E-state index contributed by atoms with van der Waals surface area (Å²) < 4.78 is 0. The third-order valence-electron chi connectivity index (χ3n) is 2.63. The van der Waals surface area contributed by atoms with Crippen LogP contribution in [-0.2, 0) is 0 Å². The molecule has 0 spiro atoms. The van der Waals surface area contributed by atoms with Gasteiger partial charge in [-0.3, -0.25) is 15.0 Å². The lowest BCUT2D eigenvalue weighted by molar-refractivity contribution is 0.764. The van der Waals surface area contributed by atoms with Crippen LogP contribution in [0.5, 0.6) is 0 Å². The minimum atomic E-state index is 0.418. The van der Waals surface area contributed by atoms with Crippen molar-refractivity contribution in [2.75, 3.05) is 7.05 Å². The first kappa shape index (κ1) is 18.7. The van der Waals surface area contributed by atoms with Crippen molar-refractivity contribution in [3.63, 3.8) is 0 Å². The second-order valence-electron chi connectivity index (χ2n) is 5.07. The van der Waals surface area contributed by atoms with Crippen molar-refractivity contribution in [1.82, 2.24) is 4.98 Å². The molecule has 0 saturated carbocycles. The van der Waals surface area contributed by atoms with E-state index in [1.54, 1.807) is 31.7 Å². The third kappa shape index (κ3) is 8.48.